The van der Waals surface area contributed by atoms with Crippen molar-refractivity contribution in [3.05, 3.63) is 76.4 Å². The molecule has 0 heterocycles. The van der Waals surface area contributed by atoms with Crippen molar-refractivity contribution in [1.82, 2.24) is 4.90 Å². The van der Waals surface area contributed by atoms with Crippen molar-refractivity contribution in [2.45, 2.75) is 6.18 Å². The van der Waals surface area contributed by atoms with Gasteiger partial charge < -0.3 is 9.64 Å². The molecule has 2 aromatic rings. The minimum absolute atomic E-state index is 0.00817. The predicted molar refractivity (Wildman–Crippen MR) is 89.6 cm³/mol. The van der Waals surface area contributed by atoms with Crippen LogP contribution in [0.5, 0.6) is 5.75 Å². The van der Waals surface area contributed by atoms with Crippen LogP contribution in [0.15, 0.2) is 54.4 Å². The van der Waals surface area contributed by atoms with Crippen molar-refractivity contribution in [2.75, 3.05) is 14.1 Å². The van der Waals surface area contributed by atoms with Crippen LogP contribution in [0.4, 0.5) is 17.6 Å². The first-order valence-electron chi connectivity index (χ1n) is 7.31. The smallest absolute Gasteiger partial charge is 0.416 e. The molecule has 0 saturated heterocycles. The third-order valence-electron chi connectivity index (χ3n) is 3.18. The van der Waals surface area contributed by atoms with E-state index in [2.05, 4.69) is 0 Å². The summed E-state index contributed by atoms with van der Waals surface area (Å²) in [7, 11) is 3.23. The molecule has 0 aliphatic rings. The molecule has 2 aromatic carbocycles. The molecule has 0 unspecified atom stereocenters. The Morgan fingerprint density at radius 3 is 2.23 bits per heavy atom. The van der Waals surface area contributed by atoms with Crippen LogP contribution < -0.4 is 4.74 Å². The van der Waals surface area contributed by atoms with Gasteiger partial charge in [-0.05, 0) is 42.5 Å². The normalized spacial score (nSPS) is 12.0. The molecular weight excluding hydrogens is 374 g/mol. The van der Waals surface area contributed by atoms with Crippen molar-refractivity contribution < 1.29 is 27.1 Å². The molecule has 26 heavy (non-hydrogen) atoms. The van der Waals surface area contributed by atoms with Crippen LogP contribution in [-0.2, 0) is 6.18 Å². The van der Waals surface area contributed by atoms with E-state index in [1.807, 2.05) is 0 Å². The van der Waals surface area contributed by atoms with Gasteiger partial charge in [0.2, 0.25) is 5.78 Å². The summed E-state index contributed by atoms with van der Waals surface area (Å²) < 4.78 is 57.2. The molecule has 0 N–H and O–H groups in total. The number of benzene rings is 2. The van der Waals surface area contributed by atoms with Gasteiger partial charge in [0.1, 0.15) is 11.6 Å². The number of rotatable bonds is 5. The number of alkyl halides is 3. The lowest BCUT2D eigenvalue weighted by atomic mass is 10.1. The molecule has 0 aliphatic carbocycles. The molecule has 0 aliphatic heterocycles. The molecule has 3 nitrogen and oxygen atoms in total. The highest BCUT2D eigenvalue weighted by molar-refractivity contribution is 6.30. The zero-order valence-corrected chi connectivity index (χ0v) is 14.5. The fraction of sp³-hybridized carbons (Fsp3) is 0.167. The number of allylic oxidation sites excluding steroid dienone is 1. The maximum absolute atomic E-state index is 14.0. The van der Waals surface area contributed by atoms with E-state index in [1.54, 1.807) is 14.1 Å². The first kappa shape index (κ1) is 19.8. The van der Waals surface area contributed by atoms with Gasteiger partial charge in [-0.15, -0.1) is 0 Å². The second kappa shape index (κ2) is 7.78. The van der Waals surface area contributed by atoms with E-state index in [9.17, 15) is 22.4 Å². The summed E-state index contributed by atoms with van der Waals surface area (Å²) >= 11 is 5.67. The largest absolute Gasteiger partial charge is 0.452 e. The molecule has 138 valence electrons. The van der Waals surface area contributed by atoms with Gasteiger partial charge >= 0.3 is 6.18 Å². The summed E-state index contributed by atoms with van der Waals surface area (Å²) in [5.74, 6) is -1.85. The van der Waals surface area contributed by atoms with Crippen LogP contribution in [0.3, 0.4) is 0 Å². The number of carbonyl (C=O) groups is 1. The fourth-order valence-electron chi connectivity index (χ4n) is 2.01. The SMILES string of the molecule is CN(C)/C=C(\Oc1ccc(C(F)(F)F)cc1)C(=O)c1ccc(Cl)cc1F. The Bertz CT molecular complexity index is 830. The number of halogens is 5. The first-order chi connectivity index (χ1) is 12.1. The van der Waals surface area contributed by atoms with Crippen LogP contribution >= 0.6 is 11.6 Å². The Morgan fingerprint density at radius 1 is 1.12 bits per heavy atom. The highest BCUT2D eigenvalue weighted by atomic mass is 35.5. The quantitative estimate of drug-likeness (QED) is 0.307. The lowest BCUT2D eigenvalue weighted by Crippen LogP contribution is -2.15. The molecule has 0 fully saturated rings. The zero-order valence-electron chi connectivity index (χ0n) is 13.8. The molecule has 0 amide bonds. The van der Waals surface area contributed by atoms with Crippen molar-refractivity contribution in [2.24, 2.45) is 0 Å². The van der Waals surface area contributed by atoms with Gasteiger partial charge in [-0.1, -0.05) is 11.6 Å². The van der Waals surface area contributed by atoms with Gasteiger partial charge in [0.15, 0.2) is 5.76 Å². The topological polar surface area (TPSA) is 29.5 Å². The molecular formula is C18H14ClF4NO2. The Kier molecular flexibility index (Phi) is 5.92. The Labute approximate surface area is 152 Å². The standard InChI is InChI=1S/C18H14ClF4NO2/c1-24(2)10-16(17(25)14-8-5-12(19)9-15(14)20)26-13-6-3-11(4-7-13)18(21,22)23/h3-10H,1-2H3/b16-10-. The number of nitrogens with zero attached hydrogens (tertiary/aromatic N) is 1. The molecule has 0 saturated carbocycles. The monoisotopic (exact) mass is 387 g/mol. The van der Waals surface area contributed by atoms with E-state index < -0.39 is 23.3 Å². The minimum Gasteiger partial charge on any atom is -0.452 e. The van der Waals surface area contributed by atoms with E-state index in [1.165, 1.54) is 23.2 Å². The molecule has 0 bridgehead atoms. The summed E-state index contributed by atoms with van der Waals surface area (Å²) in [6.07, 6.45) is -3.18. The summed E-state index contributed by atoms with van der Waals surface area (Å²) in [4.78, 5) is 14.1. The number of hydrogen-bond donors (Lipinski definition) is 0. The maximum Gasteiger partial charge on any atom is 0.416 e. The number of Topliss-reactive ketones (excluding diaryl/α,β-unsaturated/α-hetero) is 1. The molecule has 2 rings (SSSR count). The summed E-state index contributed by atoms with van der Waals surface area (Å²) in [6, 6.07) is 7.37. The molecule has 0 radical (unpaired) electrons. The van der Waals surface area contributed by atoms with Gasteiger partial charge in [0.05, 0.1) is 11.1 Å². The number of ketones is 1. The summed E-state index contributed by atoms with van der Waals surface area (Å²) in [5, 5.41) is 0.126. The lowest BCUT2D eigenvalue weighted by Gasteiger charge is -2.14. The number of hydrogen-bond acceptors (Lipinski definition) is 3. The second-order valence-electron chi connectivity index (χ2n) is 5.53. The maximum atomic E-state index is 14.0. The highest BCUT2D eigenvalue weighted by Gasteiger charge is 2.30. The van der Waals surface area contributed by atoms with Gasteiger partial charge in [-0.2, -0.15) is 13.2 Å². The first-order valence-corrected chi connectivity index (χ1v) is 7.69. The second-order valence-corrected chi connectivity index (χ2v) is 5.97. The molecule has 0 aromatic heterocycles. The van der Waals surface area contributed by atoms with E-state index in [-0.39, 0.29) is 22.1 Å². The van der Waals surface area contributed by atoms with Crippen LogP contribution in [0.2, 0.25) is 5.02 Å². The van der Waals surface area contributed by atoms with Gasteiger partial charge in [-0.25, -0.2) is 4.39 Å². The number of carbonyl (C=O) groups excluding carboxylic acids is 1. The van der Waals surface area contributed by atoms with Crippen molar-refractivity contribution in [3.63, 3.8) is 0 Å². The average molecular weight is 388 g/mol. The van der Waals surface area contributed by atoms with Gasteiger partial charge in [0.25, 0.3) is 0 Å². The van der Waals surface area contributed by atoms with E-state index in [0.717, 1.165) is 30.3 Å². The minimum atomic E-state index is -4.48. The van der Waals surface area contributed by atoms with Crippen LogP contribution in [0.25, 0.3) is 0 Å². The summed E-state index contributed by atoms with van der Waals surface area (Å²) in [6.45, 7) is 0. The van der Waals surface area contributed by atoms with Gasteiger partial charge in [0, 0.05) is 25.3 Å². The summed E-state index contributed by atoms with van der Waals surface area (Å²) in [5.41, 5.74) is -1.12. The average Bonchev–Trinajstić information content (AvgIpc) is 2.53. The third-order valence-corrected chi connectivity index (χ3v) is 3.42. The van der Waals surface area contributed by atoms with E-state index in [4.69, 9.17) is 16.3 Å². The lowest BCUT2D eigenvalue weighted by molar-refractivity contribution is -0.137. The fourth-order valence-corrected chi connectivity index (χ4v) is 2.17. The van der Waals surface area contributed by atoms with E-state index >= 15 is 0 Å². The van der Waals surface area contributed by atoms with Crippen LogP contribution in [0, 0.1) is 5.82 Å². The Balaban J connectivity index is 2.32. The van der Waals surface area contributed by atoms with E-state index in [0.29, 0.717) is 0 Å². The Hall–Kier alpha value is -2.54. The van der Waals surface area contributed by atoms with Gasteiger partial charge in [-0.3, -0.25) is 4.79 Å². The molecule has 8 heteroatoms. The van der Waals surface area contributed by atoms with Crippen molar-refractivity contribution in [3.8, 4) is 5.75 Å². The predicted octanol–water partition coefficient (Wildman–Crippen LogP) is 5.16. The molecule has 0 spiro atoms. The number of ether oxygens (including phenoxy) is 1. The Morgan fingerprint density at radius 2 is 1.73 bits per heavy atom. The molecule has 0 atom stereocenters. The zero-order chi connectivity index (χ0) is 19.5. The van der Waals surface area contributed by atoms with Crippen molar-refractivity contribution in [1.29, 1.82) is 0 Å². The third kappa shape index (κ3) is 4.98. The van der Waals surface area contributed by atoms with Crippen LogP contribution in [0.1, 0.15) is 15.9 Å². The van der Waals surface area contributed by atoms with Crippen LogP contribution in [-0.4, -0.2) is 24.8 Å². The highest BCUT2D eigenvalue weighted by Crippen LogP contribution is 2.31. The van der Waals surface area contributed by atoms with Crippen molar-refractivity contribution >= 4 is 17.4 Å².